The molecule has 4 atom stereocenters. The van der Waals surface area contributed by atoms with E-state index in [1.165, 1.54) is 71.9 Å². The van der Waals surface area contributed by atoms with Crippen LogP contribution < -0.4 is 9.47 Å². The number of epoxide rings is 2. The van der Waals surface area contributed by atoms with Gasteiger partial charge in [0.15, 0.2) is 0 Å². The highest BCUT2D eigenvalue weighted by Gasteiger charge is 2.35. The Balaban J connectivity index is 1.74. The predicted molar refractivity (Wildman–Crippen MR) is 235 cm³/mol. The van der Waals surface area contributed by atoms with Crippen molar-refractivity contribution in [2.75, 3.05) is 26.4 Å². The first-order chi connectivity index (χ1) is 26.0. The Morgan fingerprint density at radius 1 is 0.509 bits per heavy atom. The first-order valence-corrected chi connectivity index (χ1v) is 22.8. The SMILES string of the molecule is CCCC(CCCOc1c(C(C)(C)CC)cc(Cc2cc(C(C)(C)CC)c(OCCCC(CCC)C3CO3)c(C(C)(C)CC)c2)cc1C(C)(C)CC)C1CO1. The van der Waals surface area contributed by atoms with Crippen molar-refractivity contribution in [2.45, 2.75) is 214 Å². The van der Waals surface area contributed by atoms with Gasteiger partial charge in [0.25, 0.3) is 0 Å². The zero-order valence-electron chi connectivity index (χ0n) is 38.3. The van der Waals surface area contributed by atoms with Gasteiger partial charge in [0, 0.05) is 22.3 Å². The van der Waals surface area contributed by atoms with Crippen LogP contribution in [0.2, 0.25) is 0 Å². The summed E-state index contributed by atoms with van der Waals surface area (Å²) in [6.45, 7) is 36.5. The molecule has 4 heteroatoms. The fourth-order valence-electron chi connectivity index (χ4n) is 8.37. The molecular weight excluding hydrogens is 677 g/mol. The lowest BCUT2D eigenvalue weighted by Crippen LogP contribution is -2.25. The molecule has 312 valence electrons. The van der Waals surface area contributed by atoms with Crippen molar-refractivity contribution in [3.8, 4) is 11.5 Å². The molecule has 2 aliphatic rings. The van der Waals surface area contributed by atoms with Crippen molar-refractivity contribution in [3.05, 3.63) is 57.6 Å². The summed E-state index contributed by atoms with van der Waals surface area (Å²) >= 11 is 0. The van der Waals surface area contributed by atoms with E-state index >= 15 is 0 Å². The molecule has 55 heavy (non-hydrogen) atoms. The van der Waals surface area contributed by atoms with E-state index in [1.54, 1.807) is 0 Å². The second-order valence-corrected chi connectivity index (χ2v) is 20.0. The average Bonchev–Trinajstić information content (AvgIpc) is 4.09. The first kappa shape index (κ1) is 45.7. The molecule has 2 saturated heterocycles. The van der Waals surface area contributed by atoms with Gasteiger partial charge in [-0.15, -0.1) is 0 Å². The highest BCUT2D eigenvalue weighted by molar-refractivity contribution is 5.55. The van der Waals surface area contributed by atoms with Crippen molar-refractivity contribution in [3.63, 3.8) is 0 Å². The van der Waals surface area contributed by atoms with Crippen LogP contribution in [-0.4, -0.2) is 38.6 Å². The van der Waals surface area contributed by atoms with Crippen LogP contribution in [0.1, 0.15) is 207 Å². The van der Waals surface area contributed by atoms with E-state index in [9.17, 15) is 0 Å². The molecule has 2 heterocycles. The summed E-state index contributed by atoms with van der Waals surface area (Å²) in [7, 11) is 0. The number of hydrogen-bond donors (Lipinski definition) is 0. The Kier molecular flexibility index (Phi) is 16.3. The van der Waals surface area contributed by atoms with Gasteiger partial charge in [0.2, 0.25) is 0 Å². The molecule has 0 radical (unpaired) electrons. The van der Waals surface area contributed by atoms with Crippen molar-refractivity contribution >= 4 is 0 Å². The smallest absolute Gasteiger partial charge is 0.126 e. The number of hydrogen-bond acceptors (Lipinski definition) is 4. The summed E-state index contributed by atoms with van der Waals surface area (Å²) in [5.74, 6) is 3.60. The maximum absolute atomic E-state index is 6.98. The van der Waals surface area contributed by atoms with E-state index in [0.29, 0.717) is 24.0 Å². The summed E-state index contributed by atoms with van der Waals surface area (Å²) in [6, 6.07) is 10.0. The van der Waals surface area contributed by atoms with E-state index in [-0.39, 0.29) is 21.7 Å². The molecular formula is C51H84O4. The molecule has 0 amide bonds. The summed E-state index contributed by atoms with van der Waals surface area (Å²) in [6.07, 6.45) is 15.5. The van der Waals surface area contributed by atoms with E-state index in [2.05, 4.69) is 121 Å². The fourth-order valence-corrected chi connectivity index (χ4v) is 8.37. The highest BCUT2D eigenvalue weighted by atomic mass is 16.6. The zero-order valence-corrected chi connectivity index (χ0v) is 38.3. The zero-order chi connectivity index (χ0) is 40.6. The van der Waals surface area contributed by atoms with Gasteiger partial charge in [-0.25, -0.2) is 0 Å². The third-order valence-electron chi connectivity index (χ3n) is 14.2. The van der Waals surface area contributed by atoms with Crippen molar-refractivity contribution in [2.24, 2.45) is 11.8 Å². The van der Waals surface area contributed by atoms with E-state index in [4.69, 9.17) is 18.9 Å². The van der Waals surface area contributed by atoms with Crippen LogP contribution in [0.15, 0.2) is 24.3 Å². The molecule has 0 bridgehead atoms. The van der Waals surface area contributed by atoms with Gasteiger partial charge in [-0.05, 0) is 115 Å². The van der Waals surface area contributed by atoms with Gasteiger partial charge >= 0.3 is 0 Å². The Hall–Kier alpha value is -2.04. The standard InChI is InChI=1S/C51H84O4/c1-15-23-38(44-34-54-44)25-21-27-52-46-40(48(7,8)17-3)30-36(31-41(46)49(9,10)18-4)29-37-32-42(50(11,12)19-5)47(43(33-37)51(13,14)20-6)53-28-22-26-39(24-16-2)45-35-55-45/h30-33,38-39,44-45H,15-29,34-35H2,1-14H3. The Morgan fingerprint density at radius 2 is 0.800 bits per heavy atom. The first-order valence-electron chi connectivity index (χ1n) is 22.8. The molecule has 0 N–H and O–H groups in total. The van der Waals surface area contributed by atoms with Crippen LogP contribution in [0, 0.1) is 11.8 Å². The lowest BCUT2D eigenvalue weighted by atomic mass is 9.73. The maximum atomic E-state index is 6.98. The van der Waals surface area contributed by atoms with Crippen LogP contribution in [0.25, 0.3) is 0 Å². The quantitative estimate of drug-likeness (QED) is 0.0707. The fraction of sp³-hybridized carbons (Fsp3) is 0.765. The highest BCUT2D eigenvalue weighted by Crippen LogP contribution is 2.46. The summed E-state index contributed by atoms with van der Waals surface area (Å²) < 4.78 is 25.4. The normalized spacial score (nSPS) is 18.7. The second kappa shape index (κ2) is 19.6. The molecule has 0 aliphatic carbocycles. The minimum atomic E-state index is -0.0132. The lowest BCUT2D eigenvalue weighted by Gasteiger charge is -2.34. The second-order valence-electron chi connectivity index (χ2n) is 20.0. The molecule has 2 aromatic rings. The van der Waals surface area contributed by atoms with Gasteiger partial charge in [0.1, 0.15) is 11.5 Å². The lowest BCUT2D eigenvalue weighted by molar-refractivity contribution is 0.251. The average molecular weight is 761 g/mol. The summed E-state index contributed by atoms with van der Waals surface area (Å²) in [4.78, 5) is 0. The molecule has 4 rings (SSSR count). The third kappa shape index (κ3) is 12.0. The predicted octanol–water partition coefficient (Wildman–Crippen LogP) is 14.0. The topological polar surface area (TPSA) is 43.5 Å². The largest absolute Gasteiger partial charge is 0.493 e. The Labute approximate surface area is 339 Å². The maximum Gasteiger partial charge on any atom is 0.126 e. The van der Waals surface area contributed by atoms with E-state index in [1.807, 2.05) is 0 Å². The van der Waals surface area contributed by atoms with Gasteiger partial charge in [-0.3, -0.25) is 0 Å². The molecule has 0 spiro atoms. The van der Waals surface area contributed by atoms with E-state index in [0.717, 1.165) is 82.9 Å². The minimum Gasteiger partial charge on any atom is -0.493 e. The van der Waals surface area contributed by atoms with Crippen molar-refractivity contribution in [1.29, 1.82) is 0 Å². The molecule has 2 aliphatic heterocycles. The summed E-state index contributed by atoms with van der Waals surface area (Å²) in [5.41, 5.74) is 8.16. The van der Waals surface area contributed by atoms with Crippen LogP contribution >= 0.6 is 0 Å². The van der Waals surface area contributed by atoms with Crippen LogP contribution in [0.4, 0.5) is 0 Å². The number of benzene rings is 2. The Morgan fingerprint density at radius 3 is 1.04 bits per heavy atom. The van der Waals surface area contributed by atoms with Crippen LogP contribution in [0.5, 0.6) is 11.5 Å². The van der Waals surface area contributed by atoms with Crippen LogP contribution in [-0.2, 0) is 37.6 Å². The molecule has 0 aromatic heterocycles. The molecule has 4 nitrogen and oxygen atoms in total. The molecule has 2 fully saturated rings. The van der Waals surface area contributed by atoms with E-state index < -0.39 is 0 Å². The van der Waals surface area contributed by atoms with Crippen molar-refractivity contribution < 1.29 is 18.9 Å². The summed E-state index contributed by atoms with van der Waals surface area (Å²) in [5, 5.41) is 0. The number of ether oxygens (including phenoxy) is 4. The van der Waals surface area contributed by atoms with Gasteiger partial charge in [-0.1, -0.05) is 134 Å². The van der Waals surface area contributed by atoms with Gasteiger partial charge in [0.05, 0.1) is 38.6 Å². The van der Waals surface area contributed by atoms with Gasteiger partial charge in [-0.2, -0.15) is 0 Å². The number of rotatable bonds is 26. The monoisotopic (exact) mass is 761 g/mol. The third-order valence-corrected chi connectivity index (χ3v) is 14.2. The molecule has 4 unspecified atom stereocenters. The van der Waals surface area contributed by atoms with Crippen molar-refractivity contribution in [1.82, 2.24) is 0 Å². The molecule has 0 saturated carbocycles. The Bertz CT molecular complexity index is 1300. The minimum absolute atomic E-state index is 0.0132. The van der Waals surface area contributed by atoms with Gasteiger partial charge < -0.3 is 18.9 Å². The van der Waals surface area contributed by atoms with Crippen LogP contribution in [0.3, 0.4) is 0 Å². The molecule has 2 aromatic carbocycles.